The van der Waals surface area contributed by atoms with E-state index in [4.69, 9.17) is 0 Å². The van der Waals surface area contributed by atoms with Crippen LogP contribution in [0.25, 0.3) is 21.7 Å². The molecule has 0 atom stereocenters. The first-order valence-corrected chi connectivity index (χ1v) is 10.7. The maximum atomic E-state index is 13.5. The molecule has 1 aromatic carbocycles. The Labute approximate surface area is 164 Å². The second kappa shape index (κ2) is 6.35. The third kappa shape index (κ3) is 2.56. The Hall–Kier alpha value is -2.38. The topological polar surface area (TPSA) is 52.2 Å². The third-order valence-corrected chi connectivity index (χ3v) is 7.24. The molecule has 0 saturated heterocycles. The van der Waals surface area contributed by atoms with Gasteiger partial charge in [-0.3, -0.25) is 9.36 Å². The number of nitrogens with zero attached hydrogens (tertiary/aromatic N) is 4. The van der Waals surface area contributed by atoms with Crippen LogP contribution in [0.4, 0.5) is 0 Å². The molecule has 3 heterocycles. The van der Waals surface area contributed by atoms with Gasteiger partial charge in [-0.2, -0.15) is 0 Å². The second-order valence-electron chi connectivity index (χ2n) is 6.88. The summed E-state index contributed by atoms with van der Waals surface area (Å²) in [5, 5.41) is 10.2. The summed E-state index contributed by atoms with van der Waals surface area (Å²) in [6.07, 6.45) is 3.15. The van der Waals surface area contributed by atoms with E-state index in [-0.39, 0.29) is 5.56 Å². The Morgan fingerprint density at radius 2 is 2.07 bits per heavy atom. The van der Waals surface area contributed by atoms with Crippen molar-refractivity contribution >= 4 is 39.1 Å². The molecule has 4 aromatic rings. The van der Waals surface area contributed by atoms with Gasteiger partial charge >= 0.3 is 0 Å². The van der Waals surface area contributed by atoms with Crippen LogP contribution in [0.3, 0.4) is 0 Å². The number of fused-ring (bicyclic) bond motifs is 4. The van der Waals surface area contributed by atoms with E-state index in [0.717, 1.165) is 40.7 Å². The summed E-state index contributed by atoms with van der Waals surface area (Å²) >= 11 is 3.23. The van der Waals surface area contributed by atoms with Gasteiger partial charge in [-0.05, 0) is 43.9 Å². The van der Waals surface area contributed by atoms with Crippen LogP contribution in [-0.4, -0.2) is 24.9 Å². The first-order valence-electron chi connectivity index (χ1n) is 8.92. The molecule has 0 aliphatic heterocycles. The van der Waals surface area contributed by atoms with Crippen molar-refractivity contribution in [1.29, 1.82) is 0 Å². The van der Waals surface area contributed by atoms with Crippen LogP contribution in [0.5, 0.6) is 0 Å². The molecule has 0 fully saturated rings. The molecule has 5 rings (SSSR count). The van der Waals surface area contributed by atoms with Gasteiger partial charge in [-0.1, -0.05) is 42.1 Å². The Kier molecular flexibility index (Phi) is 3.94. The fraction of sp³-hybridized carbons (Fsp3) is 0.250. The molecule has 0 amide bonds. The van der Waals surface area contributed by atoms with E-state index < -0.39 is 0 Å². The van der Waals surface area contributed by atoms with E-state index in [2.05, 4.69) is 21.3 Å². The van der Waals surface area contributed by atoms with Crippen molar-refractivity contribution in [1.82, 2.24) is 19.2 Å². The van der Waals surface area contributed by atoms with Gasteiger partial charge in [0.2, 0.25) is 5.78 Å². The second-order valence-corrected chi connectivity index (χ2v) is 8.90. The van der Waals surface area contributed by atoms with Crippen LogP contribution in [0.15, 0.2) is 52.4 Å². The number of benzene rings is 1. The summed E-state index contributed by atoms with van der Waals surface area (Å²) < 4.78 is 3.76. The van der Waals surface area contributed by atoms with Crippen LogP contribution in [0.1, 0.15) is 23.8 Å². The number of rotatable bonds is 4. The van der Waals surface area contributed by atoms with E-state index in [9.17, 15) is 4.79 Å². The highest BCUT2D eigenvalue weighted by atomic mass is 32.2. The molecule has 27 heavy (non-hydrogen) atoms. The fourth-order valence-electron chi connectivity index (χ4n) is 3.65. The Morgan fingerprint density at radius 1 is 1.26 bits per heavy atom. The minimum absolute atomic E-state index is 0.000737. The van der Waals surface area contributed by atoms with Gasteiger partial charge in [0.15, 0.2) is 5.16 Å². The first kappa shape index (κ1) is 16.8. The predicted molar refractivity (Wildman–Crippen MR) is 112 cm³/mol. The van der Waals surface area contributed by atoms with Gasteiger partial charge in [-0.25, -0.2) is 4.40 Å². The Balaban J connectivity index is 1.89. The molecular formula is C20H18N4OS2. The van der Waals surface area contributed by atoms with Gasteiger partial charge < -0.3 is 0 Å². The molecule has 0 saturated carbocycles. The lowest BCUT2D eigenvalue weighted by molar-refractivity contribution is 0.891. The molecular weight excluding hydrogens is 376 g/mol. The number of aryl methyl sites for hydroxylation is 2. The van der Waals surface area contributed by atoms with Crippen LogP contribution in [0, 0.1) is 0 Å². The zero-order valence-corrected chi connectivity index (χ0v) is 16.6. The highest BCUT2D eigenvalue weighted by molar-refractivity contribution is 7.99. The largest absolute Gasteiger partial charge is 0.270 e. The Morgan fingerprint density at radius 3 is 2.85 bits per heavy atom. The predicted octanol–water partition coefficient (Wildman–Crippen LogP) is 4.25. The number of para-hydroxylation sites is 1. The van der Waals surface area contributed by atoms with Crippen molar-refractivity contribution < 1.29 is 0 Å². The van der Waals surface area contributed by atoms with E-state index >= 15 is 0 Å². The summed E-state index contributed by atoms with van der Waals surface area (Å²) in [6, 6.07) is 10.1. The summed E-state index contributed by atoms with van der Waals surface area (Å²) in [6.45, 7) is 5.93. The maximum absolute atomic E-state index is 13.5. The molecule has 3 aromatic heterocycles. The average Bonchev–Trinajstić information content (AvgIpc) is 3.35. The average molecular weight is 395 g/mol. The number of hydrogen-bond donors (Lipinski definition) is 0. The summed E-state index contributed by atoms with van der Waals surface area (Å²) in [5.41, 5.74) is 3.26. The summed E-state index contributed by atoms with van der Waals surface area (Å²) in [4.78, 5) is 15.8. The maximum Gasteiger partial charge on any atom is 0.270 e. The number of thioether (sulfide) groups is 1. The zero-order chi connectivity index (χ0) is 18.5. The SMILES string of the molecule is C=C(C)CSc1nnc2n(-c3ccccc3)c3sc4c(c3c(=O)n12)CCC4. The Bertz CT molecular complexity index is 1250. The lowest BCUT2D eigenvalue weighted by Crippen LogP contribution is -2.19. The van der Waals surface area contributed by atoms with Gasteiger partial charge in [0.05, 0.1) is 5.39 Å². The van der Waals surface area contributed by atoms with Crippen LogP contribution in [0.2, 0.25) is 0 Å². The lowest BCUT2D eigenvalue weighted by atomic mass is 10.2. The monoisotopic (exact) mass is 394 g/mol. The van der Waals surface area contributed by atoms with Crippen LogP contribution >= 0.6 is 23.1 Å². The number of thiophene rings is 1. The van der Waals surface area contributed by atoms with Crippen molar-refractivity contribution in [2.24, 2.45) is 0 Å². The molecule has 0 N–H and O–H groups in total. The molecule has 0 bridgehead atoms. The quantitative estimate of drug-likeness (QED) is 0.383. The van der Waals surface area contributed by atoms with Gasteiger partial charge in [0.25, 0.3) is 5.56 Å². The molecule has 0 unspecified atom stereocenters. The standard InChI is InChI=1S/C20H18N4OS2/c1-12(2)11-26-20-22-21-19-23(13-7-4-3-5-8-13)18-16(17(25)24(19)20)14-9-6-10-15(14)27-18/h3-5,7-8H,1,6,9-11H2,2H3. The number of aromatic nitrogens is 4. The van der Waals surface area contributed by atoms with Crippen molar-refractivity contribution in [3.8, 4) is 5.69 Å². The van der Waals surface area contributed by atoms with E-state index in [1.54, 1.807) is 15.7 Å². The minimum Gasteiger partial charge on any atom is -0.269 e. The van der Waals surface area contributed by atoms with Gasteiger partial charge in [0, 0.05) is 16.3 Å². The fourth-order valence-corrected chi connectivity index (χ4v) is 5.81. The summed E-state index contributed by atoms with van der Waals surface area (Å²) in [7, 11) is 0. The minimum atomic E-state index is 0.000737. The smallest absolute Gasteiger partial charge is 0.269 e. The van der Waals surface area contributed by atoms with Crippen molar-refractivity contribution in [2.45, 2.75) is 31.3 Å². The van der Waals surface area contributed by atoms with E-state index in [0.29, 0.717) is 16.7 Å². The normalized spacial score (nSPS) is 13.5. The highest BCUT2D eigenvalue weighted by Gasteiger charge is 2.26. The van der Waals surface area contributed by atoms with Gasteiger partial charge in [-0.15, -0.1) is 21.5 Å². The lowest BCUT2D eigenvalue weighted by Gasteiger charge is -2.11. The molecule has 136 valence electrons. The third-order valence-electron chi connectivity index (χ3n) is 4.80. The zero-order valence-electron chi connectivity index (χ0n) is 14.9. The molecule has 1 aliphatic carbocycles. The highest BCUT2D eigenvalue weighted by Crippen LogP contribution is 2.37. The van der Waals surface area contributed by atoms with Crippen LogP contribution < -0.4 is 5.56 Å². The van der Waals surface area contributed by atoms with Gasteiger partial charge in [0.1, 0.15) is 4.83 Å². The molecule has 7 heteroatoms. The van der Waals surface area contributed by atoms with Crippen LogP contribution in [-0.2, 0) is 12.8 Å². The molecule has 0 spiro atoms. The number of hydrogen-bond acceptors (Lipinski definition) is 5. The van der Waals surface area contributed by atoms with E-state index in [1.807, 2.05) is 37.3 Å². The van der Waals surface area contributed by atoms with Crippen molar-refractivity contribution in [3.05, 3.63) is 63.3 Å². The van der Waals surface area contributed by atoms with E-state index in [1.165, 1.54) is 22.2 Å². The summed E-state index contributed by atoms with van der Waals surface area (Å²) in [5.74, 6) is 1.29. The van der Waals surface area contributed by atoms with Crippen molar-refractivity contribution in [2.75, 3.05) is 5.75 Å². The first-order chi connectivity index (χ1) is 13.1. The molecule has 5 nitrogen and oxygen atoms in total. The van der Waals surface area contributed by atoms with Crippen molar-refractivity contribution in [3.63, 3.8) is 0 Å². The molecule has 1 aliphatic rings. The molecule has 0 radical (unpaired) electrons.